The van der Waals surface area contributed by atoms with Gasteiger partial charge in [-0.15, -0.1) is 24.0 Å². The van der Waals surface area contributed by atoms with Crippen molar-refractivity contribution in [3.63, 3.8) is 0 Å². The van der Waals surface area contributed by atoms with Gasteiger partial charge in [-0.3, -0.25) is 4.99 Å². The molecule has 0 aromatic heterocycles. The number of halogens is 1. The van der Waals surface area contributed by atoms with E-state index >= 15 is 0 Å². The van der Waals surface area contributed by atoms with Crippen LogP contribution in [0.5, 0.6) is 0 Å². The second kappa shape index (κ2) is 13.7. The topological polar surface area (TPSA) is 78.1 Å². The van der Waals surface area contributed by atoms with E-state index < -0.39 is 0 Å². The van der Waals surface area contributed by atoms with Gasteiger partial charge >= 0.3 is 0 Å². The molecule has 0 bridgehead atoms. The zero-order valence-corrected chi connectivity index (χ0v) is 15.5. The van der Waals surface area contributed by atoms with Gasteiger partial charge in [0.1, 0.15) is 0 Å². The highest BCUT2D eigenvalue weighted by atomic mass is 127. The Bertz CT molecular complexity index is 430. The summed E-state index contributed by atoms with van der Waals surface area (Å²) in [6.45, 7) is 3.03. The van der Waals surface area contributed by atoms with Gasteiger partial charge in [0.15, 0.2) is 5.96 Å². The second-order valence-corrected chi connectivity index (χ2v) is 4.44. The molecule has 126 valence electrons. The number of guanidine groups is 1. The average molecular weight is 423 g/mol. The van der Waals surface area contributed by atoms with Crippen LogP contribution in [-0.4, -0.2) is 46.5 Å². The molecule has 0 aliphatic carbocycles. The summed E-state index contributed by atoms with van der Waals surface area (Å²) in [6.07, 6.45) is 0.825. The fourth-order valence-corrected chi connectivity index (χ4v) is 1.71. The first-order chi connectivity index (χ1) is 10.3. The third-order valence-corrected chi connectivity index (χ3v) is 2.74. The van der Waals surface area contributed by atoms with Crippen LogP contribution in [0.4, 0.5) is 5.69 Å². The summed E-state index contributed by atoms with van der Waals surface area (Å²) in [7, 11) is 3.32. The maximum absolute atomic E-state index is 5.87. The molecule has 0 amide bonds. The fourth-order valence-electron chi connectivity index (χ4n) is 1.71. The SMILES string of the molecule is COCCOCCCN=C(N)Nc1ccccc1COC.I. The molecule has 22 heavy (non-hydrogen) atoms. The first-order valence-corrected chi connectivity index (χ1v) is 6.98. The molecule has 0 radical (unpaired) electrons. The quantitative estimate of drug-likeness (QED) is 0.261. The number of aliphatic imine (C=N–C) groups is 1. The van der Waals surface area contributed by atoms with E-state index in [0.717, 1.165) is 17.7 Å². The minimum absolute atomic E-state index is 0. The van der Waals surface area contributed by atoms with Gasteiger partial charge in [0.05, 0.1) is 19.8 Å². The molecular weight excluding hydrogens is 397 g/mol. The van der Waals surface area contributed by atoms with Crippen molar-refractivity contribution in [1.29, 1.82) is 0 Å². The molecule has 3 N–H and O–H groups in total. The number of methoxy groups -OCH3 is 2. The Labute approximate surface area is 149 Å². The summed E-state index contributed by atoms with van der Waals surface area (Å²) in [6, 6.07) is 7.84. The van der Waals surface area contributed by atoms with E-state index in [4.69, 9.17) is 19.9 Å². The van der Waals surface area contributed by atoms with Crippen LogP contribution in [0.25, 0.3) is 0 Å². The summed E-state index contributed by atoms with van der Waals surface area (Å²) in [4.78, 5) is 4.27. The van der Waals surface area contributed by atoms with E-state index in [9.17, 15) is 0 Å². The lowest BCUT2D eigenvalue weighted by Gasteiger charge is -2.10. The largest absolute Gasteiger partial charge is 0.382 e. The fraction of sp³-hybridized carbons (Fsp3) is 0.533. The van der Waals surface area contributed by atoms with Crippen LogP contribution in [-0.2, 0) is 20.8 Å². The minimum Gasteiger partial charge on any atom is -0.382 e. The highest BCUT2D eigenvalue weighted by Gasteiger charge is 2.02. The molecule has 0 aliphatic heterocycles. The van der Waals surface area contributed by atoms with E-state index in [1.54, 1.807) is 14.2 Å². The third kappa shape index (κ3) is 9.19. The molecule has 0 aliphatic rings. The maximum atomic E-state index is 5.87. The van der Waals surface area contributed by atoms with E-state index in [1.165, 1.54) is 0 Å². The summed E-state index contributed by atoms with van der Waals surface area (Å²) in [5.41, 5.74) is 7.83. The number of hydrogen-bond donors (Lipinski definition) is 2. The Morgan fingerprint density at radius 3 is 2.64 bits per heavy atom. The number of rotatable bonds is 10. The number of para-hydroxylation sites is 1. The molecule has 0 saturated heterocycles. The van der Waals surface area contributed by atoms with Crippen LogP contribution in [0.1, 0.15) is 12.0 Å². The average Bonchev–Trinajstić information content (AvgIpc) is 2.48. The number of nitrogens with two attached hydrogens (primary N) is 1. The number of hydrogen-bond acceptors (Lipinski definition) is 4. The van der Waals surface area contributed by atoms with Crippen molar-refractivity contribution >= 4 is 35.6 Å². The van der Waals surface area contributed by atoms with E-state index in [2.05, 4.69) is 10.3 Å². The van der Waals surface area contributed by atoms with Crippen molar-refractivity contribution in [2.75, 3.05) is 45.9 Å². The Hall–Kier alpha value is -0.900. The molecule has 0 fully saturated rings. The monoisotopic (exact) mass is 423 g/mol. The van der Waals surface area contributed by atoms with E-state index in [-0.39, 0.29) is 24.0 Å². The molecule has 1 aromatic carbocycles. The zero-order chi connectivity index (χ0) is 15.3. The molecule has 0 unspecified atom stereocenters. The normalized spacial score (nSPS) is 11.1. The van der Waals surface area contributed by atoms with Gasteiger partial charge in [0.25, 0.3) is 0 Å². The van der Waals surface area contributed by atoms with Crippen LogP contribution in [0, 0.1) is 0 Å². The van der Waals surface area contributed by atoms with Gasteiger partial charge in [0.2, 0.25) is 0 Å². The summed E-state index contributed by atoms with van der Waals surface area (Å²) < 4.78 is 15.4. The zero-order valence-electron chi connectivity index (χ0n) is 13.2. The van der Waals surface area contributed by atoms with Crippen molar-refractivity contribution in [1.82, 2.24) is 0 Å². The molecule has 0 saturated carbocycles. The third-order valence-electron chi connectivity index (χ3n) is 2.74. The number of ether oxygens (including phenoxy) is 3. The number of nitrogens with one attached hydrogen (secondary N) is 1. The number of benzene rings is 1. The maximum Gasteiger partial charge on any atom is 0.193 e. The minimum atomic E-state index is 0. The van der Waals surface area contributed by atoms with Crippen molar-refractivity contribution in [3.8, 4) is 0 Å². The Balaban J connectivity index is 0.00000441. The molecule has 6 nitrogen and oxygen atoms in total. The summed E-state index contributed by atoms with van der Waals surface area (Å²) >= 11 is 0. The highest BCUT2D eigenvalue weighted by Crippen LogP contribution is 2.15. The van der Waals surface area contributed by atoms with Gasteiger partial charge < -0.3 is 25.3 Å². The molecule has 1 rings (SSSR count). The predicted molar refractivity (Wildman–Crippen MR) is 100.0 cm³/mol. The van der Waals surface area contributed by atoms with Crippen LogP contribution in [0.15, 0.2) is 29.3 Å². The van der Waals surface area contributed by atoms with Gasteiger partial charge in [-0.2, -0.15) is 0 Å². The van der Waals surface area contributed by atoms with Crippen molar-refractivity contribution < 1.29 is 14.2 Å². The lowest BCUT2D eigenvalue weighted by molar-refractivity contribution is 0.0702. The van der Waals surface area contributed by atoms with E-state index in [0.29, 0.717) is 38.9 Å². The lowest BCUT2D eigenvalue weighted by atomic mass is 10.2. The summed E-state index contributed by atoms with van der Waals surface area (Å²) in [5.74, 6) is 0.399. The highest BCUT2D eigenvalue weighted by molar-refractivity contribution is 14.0. The van der Waals surface area contributed by atoms with Gasteiger partial charge in [-0.25, -0.2) is 0 Å². The van der Waals surface area contributed by atoms with Crippen molar-refractivity contribution in [3.05, 3.63) is 29.8 Å². The molecule has 0 spiro atoms. The van der Waals surface area contributed by atoms with Crippen LogP contribution >= 0.6 is 24.0 Å². The van der Waals surface area contributed by atoms with Crippen molar-refractivity contribution in [2.24, 2.45) is 10.7 Å². The van der Waals surface area contributed by atoms with Gasteiger partial charge in [-0.1, -0.05) is 18.2 Å². The molecule has 1 aromatic rings. The molecule has 0 heterocycles. The van der Waals surface area contributed by atoms with Gasteiger partial charge in [0, 0.05) is 38.6 Å². The molecule has 7 heteroatoms. The lowest BCUT2D eigenvalue weighted by Crippen LogP contribution is -2.23. The Morgan fingerprint density at radius 1 is 1.14 bits per heavy atom. The standard InChI is InChI=1S/C15H25N3O3.HI/c1-19-10-11-21-9-5-8-17-15(16)18-14-7-4-3-6-13(14)12-20-2;/h3-4,6-7H,5,8-12H2,1-2H3,(H3,16,17,18);1H. The van der Waals surface area contributed by atoms with Crippen LogP contribution < -0.4 is 11.1 Å². The van der Waals surface area contributed by atoms with Crippen LogP contribution in [0.2, 0.25) is 0 Å². The predicted octanol–water partition coefficient (Wildman–Crippen LogP) is 2.23. The second-order valence-electron chi connectivity index (χ2n) is 4.44. The smallest absolute Gasteiger partial charge is 0.193 e. The number of anilines is 1. The van der Waals surface area contributed by atoms with Gasteiger partial charge in [-0.05, 0) is 12.5 Å². The molecule has 0 atom stereocenters. The number of nitrogens with zero attached hydrogens (tertiary/aromatic N) is 1. The summed E-state index contributed by atoms with van der Waals surface area (Å²) in [5, 5.41) is 3.09. The first kappa shape index (κ1) is 21.1. The Morgan fingerprint density at radius 2 is 1.91 bits per heavy atom. The van der Waals surface area contributed by atoms with E-state index in [1.807, 2.05) is 24.3 Å². The van der Waals surface area contributed by atoms with Crippen molar-refractivity contribution in [2.45, 2.75) is 13.0 Å². The first-order valence-electron chi connectivity index (χ1n) is 6.98. The molecular formula is C15H26IN3O3. The Kier molecular flexibility index (Phi) is 13.2. The van der Waals surface area contributed by atoms with Crippen LogP contribution in [0.3, 0.4) is 0 Å².